The molecule has 29 heavy (non-hydrogen) atoms. The third-order valence-electron chi connectivity index (χ3n) is 4.79. The molecule has 2 aromatic carbocycles. The molecule has 1 saturated heterocycles. The van der Waals surface area contributed by atoms with E-state index < -0.39 is 16.7 Å². The van der Waals surface area contributed by atoms with Crippen molar-refractivity contribution in [3.63, 3.8) is 0 Å². The molecule has 154 valence electrons. The molecule has 1 aliphatic rings. The first-order valence-corrected chi connectivity index (χ1v) is 9.13. The number of carbonyl (C=O) groups excluding carboxylic acids is 1. The lowest BCUT2D eigenvalue weighted by Crippen LogP contribution is -2.46. The molecule has 1 fully saturated rings. The van der Waals surface area contributed by atoms with Gasteiger partial charge in [-0.2, -0.15) is 0 Å². The maximum atomic E-state index is 14.0. The fraction of sp³-hybridized carbons (Fsp3) is 0.316. The zero-order valence-electron chi connectivity index (χ0n) is 15.9. The Balaban J connectivity index is 1.81. The molecular formula is C19H19ClFN3O5. The van der Waals surface area contributed by atoms with Crippen LogP contribution in [0.4, 0.5) is 21.5 Å². The van der Waals surface area contributed by atoms with Crippen LogP contribution in [0.3, 0.4) is 0 Å². The molecule has 0 aliphatic carbocycles. The van der Waals surface area contributed by atoms with Crippen molar-refractivity contribution in [1.29, 1.82) is 0 Å². The van der Waals surface area contributed by atoms with Gasteiger partial charge in [0.15, 0.2) is 11.6 Å². The van der Waals surface area contributed by atoms with Gasteiger partial charge in [-0.05, 0) is 18.2 Å². The van der Waals surface area contributed by atoms with Crippen molar-refractivity contribution >= 4 is 34.6 Å². The highest BCUT2D eigenvalue weighted by Gasteiger charge is 2.27. The van der Waals surface area contributed by atoms with Gasteiger partial charge in [0.2, 0.25) is 0 Å². The zero-order chi connectivity index (χ0) is 21.1. The minimum atomic E-state index is -0.740. The van der Waals surface area contributed by atoms with Gasteiger partial charge in [0.1, 0.15) is 5.69 Å². The Morgan fingerprint density at radius 3 is 2.34 bits per heavy atom. The predicted octanol–water partition coefficient (Wildman–Crippen LogP) is 3.51. The van der Waals surface area contributed by atoms with Crippen LogP contribution in [-0.4, -0.2) is 51.3 Å². The van der Waals surface area contributed by atoms with Gasteiger partial charge >= 0.3 is 5.97 Å². The molecule has 8 nitrogen and oxygen atoms in total. The average molecular weight is 424 g/mol. The molecule has 0 radical (unpaired) electrons. The minimum Gasteiger partial charge on any atom is -0.494 e. The van der Waals surface area contributed by atoms with Crippen molar-refractivity contribution in [3.8, 4) is 5.75 Å². The minimum absolute atomic E-state index is 0.0584. The van der Waals surface area contributed by atoms with Gasteiger partial charge in [0, 0.05) is 44.0 Å². The molecule has 3 rings (SSSR count). The van der Waals surface area contributed by atoms with Crippen molar-refractivity contribution in [2.75, 3.05) is 50.2 Å². The summed E-state index contributed by atoms with van der Waals surface area (Å²) in [6.45, 7) is 1.98. The number of nitrogens with zero attached hydrogens (tertiary/aromatic N) is 3. The number of benzene rings is 2. The number of halogens is 2. The van der Waals surface area contributed by atoms with Crippen molar-refractivity contribution in [1.82, 2.24) is 0 Å². The van der Waals surface area contributed by atoms with E-state index in [4.69, 9.17) is 16.3 Å². The highest BCUT2D eigenvalue weighted by molar-refractivity contribution is 6.34. The first-order valence-electron chi connectivity index (χ1n) is 8.75. The first kappa shape index (κ1) is 20.7. The lowest BCUT2D eigenvalue weighted by Gasteiger charge is -2.37. The smallest absolute Gasteiger partial charge is 0.339 e. The van der Waals surface area contributed by atoms with Gasteiger partial charge in [0.25, 0.3) is 5.69 Å². The quantitative estimate of drug-likeness (QED) is 0.413. The summed E-state index contributed by atoms with van der Waals surface area (Å²) < 4.78 is 23.5. The van der Waals surface area contributed by atoms with Crippen molar-refractivity contribution < 1.29 is 23.6 Å². The van der Waals surface area contributed by atoms with Crippen molar-refractivity contribution in [2.24, 2.45) is 0 Å². The molecule has 0 atom stereocenters. The molecule has 1 heterocycles. The van der Waals surface area contributed by atoms with E-state index >= 15 is 0 Å². The third-order valence-corrected chi connectivity index (χ3v) is 5.10. The summed E-state index contributed by atoms with van der Waals surface area (Å²) in [5.41, 5.74) is 0.750. The highest BCUT2D eigenvalue weighted by Crippen LogP contribution is 2.35. The molecule has 0 spiro atoms. The maximum absolute atomic E-state index is 14.0. The van der Waals surface area contributed by atoms with Crippen LogP contribution in [0.2, 0.25) is 5.02 Å². The largest absolute Gasteiger partial charge is 0.494 e. The van der Waals surface area contributed by atoms with E-state index in [2.05, 4.69) is 4.74 Å². The van der Waals surface area contributed by atoms with E-state index in [1.54, 1.807) is 12.1 Å². The number of nitro benzene ring substituents is 1. The number of piperazine rings is 1. The Hall–Kier alpha value is -3.07. The fourth-order valence-corrected chi connectivity index (χ4v) is 3.51. The van der Waals surface area contributed by atoms with Crippen LogP contribution in [0.1, 0.15) is 10.4 Å². The van der Waals surface area contributed by atoms with E-state index in [0.29, 0.717) is 37.6 Å². The van der Waals surface area contributed by atoms with Gasteiger partial charge in [-0.3, -0.25) is 10.1 Å². The topological polar surface area (TPSA) is 85.1 Å². The normalized spacial score (nSPS) is 13.9. The summed E-state index contributed by atoms with van der Waals surface area (Å²) in [7, 11) is 2.58. The SMILES string of the molecule is COC(=O)c1cc([N+](=O)[O-])c(N2CCN(c3ccc(OC)c(F)c3)CC2)cc1Cl. The van der Waals surface area contributed by atoms with Crippen LogP contribution in [0.15, 0.2) is 30.3 Å². The van der Waals surface area contributed by atoms with Gasteiger partial charge in [0.05, 0.1) is 29.7 Å². The Labute approximate surface area is 171 Å². The Morgan fingerprint density at radius 1 is 1.14 bits per heavy atom. The summed E-state index contributed by atoms with van der Waals surface area (Å²) in [4.78, 5) is 26.6. The van der Waals surface area contributed by atoms with E-state index in [-0.39, 0.29) is 22.0 Å². The number of esters is 1. The standard InChI is InChI=1S/C19H19ClFN3O5/c1-28-18-4-3-12(9-15(18)21)22-5-7-23(8-6-22)16-11-14(20)13(19(25)29-2)10-17(16)24(26)27/h3-4,9-11H,5-8H2,1-2H3. The molecule has 2 aromatic rings. The number of hydrogen-bond donors (Lipinski definition) is 0. The molecule has 0 saturated carbocycles. The van der Waals surface area contributed by atoms with Crippen LogP contribution in [-0.2, 0) is 4.74 Å². The molecule has 10 heteroatoms. The third kappa shape index (κ3) is 4.19. The van der Waals surface area contributed by atoms with Gasteiger partial charge in [-0.1, -0.05) is 11.6 Å². The van der Waals surface area contributed by atoms with E-state index in [9.17, 15) is 19.3 Å². The zero-order valence-corrected chi connectivity index (χ0v) is 16.6. The van der Waals surface area contributed by atoms with E-state index in [0.717, 1.165) is 6.07 Å². The van der Waals surface area contributed by atoms with Crippen LogP contribution in [0, 0.1) is 15.9 Å². The molecule has 0 unspecified atom stereocenters. The summed E-state index contributed by atoms with van der Waals surface area (Å²) in [5, 5.41) is 11.6. The molecule has 0 aromatic heterocycles. The van der Waals surface area contributed by atoms with Crippen LogP contribution in [0.25, 0.3) is 0 Å². The Morgan fingerprint density at radius 2 is 1.79 bits per heavy atom. The molecule has 1 aliphatic heterocycles. The lowest BCUT2D eigenvalue weighted by atomic mass is 10.1. The van der Waals surface area contributed by atoms with Gasteiger partial charge in [-0.15, -0.1) is 0 Å². The average Bonchev–Trinajstić information content (AvgIpc) is 2.72. The molecule has 0 bridgehead atoms. The number of ether oxygens (including phenoxy) is 2. The fourth-order valence-electron chi connectivity index (χ4n) is 3.27. The number of methoxy groups -OCH3 is 2. The second-order valence-electron chi connectivity index (χ2n) is 6.36. The second kappa shape index (κ2) is 8.52. The molecule has 0 amide bonds. The first-order chi connectivity index (χ1) is 13.8. The molecular weight excluding hydrogens is 405 g/mol. The monoisotopic (exact) mass is 423 g/mol. The number of hydrogen-bond acceptors (Lipinski definition) is 7. The predicted molar refractivity (Wildman–Crippen MR) is 107 cm³/mol. The number of rotatable bonds is 5. The summed E-state index contributed by atoms with van der Waals surface area (Å²) in [5.74, 6) is -1.02. The molecule has 0 N–H and O–H groups in total. The summed E-state index contributed by atoms with van der Waals surface area (Å²) in [6.07, 6.45) is 0. The van der Waals surface area contributed by atoms with Crippen LogP contribution in [0.5, 0.6) is 5.75 Å². The van der Waals surface area contributed by atoms with Crippen LogP contribution < -0.4 is 14.5 Å². The number of carbonyl (C=O) groups is 1. The van der Waals surface area contributed by atoms with Gasteiger partial charge < -0.3 is 19.3 Å². The Bertz CT molecular complexity index is 948. The summed E-state index contributed by atoms with van der Waals surface area (Å²) in [6, 6.07) is 7.28. The van der Waals surface area contributed by atoms with Crippen molar-refractivity contribution in [2.45, 2.75) is 0 Å². The second-order valence-corrected chi connectivity index (χ2v) is 6.77. The van der Waals surface area contributed by atoms with Crippen molar-refractivity contribution in [3.05, 3.63) is 56.8 Å². The Kier molecular flexibility index (Phi) is 6.07. The van der Waals surface area contributed by atoms with Crippen LogP contribution >= 0.6 is 11.6 Å². The lowest BCUT2D eigenvalue weighted by molar-refractivity contribution is -0.384. The van der Waals surface area contributed by atoms with E-state index in [1.807, 2.05) is 9.80 Å². The van der Waals surface area contributed by atoms with E-state index in [1.165, 1.54) is 26.4 Å². The van der Waals surface area contributed by atoms with Gasteiger partial charge in [-0.25, -0.2) is 9.18 Å². The highest BCUT2D eigenvalue weighted by atomic mass is 35.5. The maximum Gasteiger partial charge on any atom is 0.339 e. The number of anilines is 2. The number of nitro groups is 1. The summed E-state index contributed by atoms with van der Waals surface area (Å²) >= 11 is 6.16.